The van der Waals surface area contributed by atoms with Gasteiger partial charge in [-0.3, -0.25) is 9.36 Å². The molecule has 1 N–H and O–H groups in total. The molecule has 4 rings (SSSR count). The Balaban J connectivity index is 1.57. The summed E-state index contributed by atoms with van der Waals surface area (Å²) >= 11 is 7.69. The molecule has 0 radical (unpaired) electrons. The highest BCUT2D eigenvalue weighted by atomic mass is 35.5. The third-order valence-corrected chi connectivity index (χ3v) is 5.54. The van der Waals surface area contributed by atoms with Crippen LogP contribution in [0.3, 0.4) is 0 Å². The number of aryl methyl sites for hydroxylation is 1. The Bertz CT molecular complexity index is 1160. The smallest absolute Gasteiger partial charge is 0.236 e. The first-order valence-corrected chi connectivity index (χ1v) is 10.5. The number of amides is 1. The number of thioether (sulfide) groups is 1. The largest absolute Gasteiger partial charge is 0.360 e. The number of halogens is 1. The van der Waals surface area contributed by atoms with Crippen LogP contribution < -0.4 is 5.32 Å². The molecule has 152 valence electrons. The number of nitrogens with zero attached hydrogens (tertiary/aromatic N) is 4. The van der Waals surface area contributed by atoms with Gasteiger partial charge in [0.25, 0.3) is 0 Å². The highest BCUT2D eigenvalue weighted by molar-refractivity contribution is 7.99. The van der Waals surface area contributed by atoms with Gasteiger partial charge < -0.3 is 9.84 Å². The Morgan fingerprint density at radius 3 is 2.63 bits per heavy atom. The number of hydrogen-bond donors (Lipinski definition) is 1. The van der Waals surface area contributed by atoms with Crippen molar-refractivity contribution in [1.82, 2.24) is 19.9 Å². The van der Waals surface area contributed by atoms with Crippen molar-refractivity contribution in [3.8, 4) is 11.4 Å². The lowest BCUT2D eigenvalue weighted by Crippen LogP contribution is -2.15. The summed E-state index contributed by atoms with van der Waals surface area (Å²) in [5.41, 5.74) is 1.88. The van der Waals surface area contributed by atoms with Crippen LogP contribution in [-0.2, 0) is 11.3 Å². The zero-order chi connectivity index (χ0) is 20.9. The molecule has 0 saturated heterocycles. The molecule has 0 aliphatic carbocycles. The fourth-order valence-corrected chi connectivity index (χ4v) is 3.84. The minimum Gasteiger partial charge on any atom is -0.360 e. The number of nitrogens with one attached hydrogen (secondary N) is 1. The number of benzene rings is 2. The van der Waals surface area contributed by atoms with Crippen molar-refractivity contribution in [2.45, 2.75) is 18.6 Å². The summed E-state index contributed by atoms with van der Waals surface area (Å²) in [5.74, 6) is 1.62. The second-order valence-corrected chi connectivity index (χ2v) is 7.87. The maximum Gasteiger partial charge on any atom is 0.236 e. The average molecular weight is 440 g/mol. The summed E-state index contributed by atoms with van der Waals surface area (Å²) in [6.07, 6.45) is 0. The van der Waals surface area contributed by atoms with Gasteiger partial charge in [0.2, 0.25) is 5.91 Å². The molecule has 2 heterocycles. The van der Waals surface area contributed by atoms with E-state index in [1.54, 1.807) is 13.0 Å². The van der Waals surface area contributed by atoms with E-state index in [-0.39, 0.29) is 11.7 Å². The topological polar surface area (TPSA) is 85.8 Å². The second-order valence-electron chi connectivity index (χ2n) is 6.52. The molecule has 0 aliphatic heterocycles. The highest BCUT2D eigenvalue weighted by Crippen LogP contribution is 2.30. The first kappa shape index (κ1) is 20.2. The van der Waals surface area contributed by atoms with Gasteiger partial charge in [-0.2, -0.15) is 0 Å². The molecule has 9 heteroatoms. The number of rotatable bonds is 7. The predicted octanol–water partition coefficient (Wildman–Crippen LogP) is 4.67. The lowest BCUT2D eigenvalue weighted by molar-refractivity contribution is -0.113. The third-order valence-electron chi connectivity index (χ3n) is 4.24. The van der Waals surface area contributed by atoms with Crippen LogP contribution in [-0.4, -0.2) is 31.6 Å². The minimum absolute atomic E-state index is 0.154. The van der Waals surface area contributed by atoms with Gasteiger partial charge >= 0.3 is 0 Å². The molecule has 4 aromatic rings. The average Bonchev–Trinajstić information content (AvgIpc) is 3.33. The lowest BCUT2D eigenvalue weighted by atomic mass is 10.2. The molecule has 0 aliphatic rings. The normalized spacial score (nSPS) is 10.9. The van der Waals surface area contributed by atoms with E-state index in [1.807, 2.05) is 59.2 Å². The molecule has 1 amide bonds. The van der Waals surface area contributed by atoms with Crippen LogP contribution in [0.1, 0.15) is 11.3 Å². The van der Waals surface area contributed by atoms with E-state index < -0.39 is 0 Å². The van der Waals surface area contributed by atoms with E-state index in [4.69, 9.17) is 16.1 Å². The van der Waals surface area contributed by atoms with Crippen molar-refractivity contribution in [1.29, 1.82) is 0 Å². The molecule has 0 atom stereocenters. The van der Waals surface area contributed by atoms with Gasteiger partial charge in [-0.15, -0.1) is 10.2 Å². The molecule has 0 fully saturated rings. The van der Waals surface area contributed by atoms with Crippen LogP contribution in [0.4, 0.5) is 5.82 Å². The Morgan fingerprint density at radius 2 is 1.90 bits per heavy atom. The molecule has 0 saturated carbocycles. The van der Waals surface area contributed by atoms with Crippen molar-refractivity contribution in [3.05, 3.63) is 77.0 Å². The van der Waals surface area contributed by atoms with Gasteiger partial charge in [0.05, 0.1) is 17.3 Å². The Hall–Kier alpha value is -3.10. The zero-order valence-electron chi connectivity index (χ0n) is 16.1. The molecule has 0 spiro atoms. The van der Waals surface area contributed by atoms with Gasteiger partial charge in [0.15, 0.2) is 16.8 Å². The van der Waals surface area contributed by atoms with Gasteiger partial charge in [-0.1, -0.05) is 71.0 Å². The summed E-state index contributed by atoms with van der Waals surface area (Å²) in [7, 11) is 0. The van der Waals surface area contributed by atoms with Crippen molar-refractivity contribution in [2.24, 2.45) is 0 Å². The van der Waals surface area contributed by atoms with Gasteiger partial charge in [-0.25, -0.2) is 0 Å². The number of hydrogen-bond acceptors (Lipinski definition) is 6. The molecular weight excluding hydrogens is 422 g/mol. The van der Waals surface area contributed by atoms with Crippen LogP contribution in [0.15, 0.2) is 70.3 Å². The van der Waals surface area contributed by atoms with Crippen molar-refractivity contribution in [3.63, 3.8) is 0 Å². The third kappa shape index (κ3) is 4.72. The van der Waals surface area contributed by atoms with Crippen LogP contribution in [0, 0.1) is 6.92 Å². The SMILES string of the molecule is Cc1cc(NC(=O)CSc2nnc(-c3ccccc3Cl)n2Cc2ccccc2)no1. The quantitative estimate of drug-likeness (QED) is 0.421. The van der Waals surface area contributed by atoms with Gasteiger partial charge in [0.1, 0.15) is 5.76 Å². The summed E-state index contributed by atoms with van der Waals surface area (Å²) in [6, 6.07) is 19.2. The summed E-state index contributed by atoms with van der Waals surface area (Å²) in [5, 5.41) is 16.4. The second kappa shape index (κ2) is 9.15. The molecule has 7 nitrogen and oxygen atoms in total. The Morgan fingerprint density at radius 1 is 1.13 bits per heavy atom. The molecule has 0 unspecified atom stereocenters. The van der Waals surface area contributed by atoms with E-state index in [0.29, 0.717) is 34.1 Å². The molecule has 0 bridgehead atoms. The predicted molar refractivity (Wildman–Crippen MR) is 117 cm³/mol. The highest BCUT2D eigenvalue weighted by Gasteiger charge is 2.18. The standard InChI is InChI=1S/C21H18ClN5O2S/c1-14-11-18(26-29-14)23-19(28)13-30-21-25-24-20(16-9-5-6-10-17(16)22)27(21)12-15-7-3-2-4-8-15/h2-11H,12-13H2,1H3,(H,23,26,28). The van der Waals surface area contributed by atoms with E-state index in [1.165, 1.54) is 11.8 Å². The van der Waals surface area contributed by atoms with Crippen molar-refractivity contribution >= 4 is 35.1 Å². The minimum atomic E-state index is -0.207. The monoisotopic (exact) mass is 439 g/mol. The molecule has 2 aromatic carbocycles. The number of aromatic nitrogens is 4. The van der Waals surface area contributed by atoms with Crippen LogP contribution in [0.2, 0.25) is 5.02 Å². The Labute approximate surface area is 182 Å². The van der Waals surface area contributed by atoms with Crippen LogP contribution in [0.25, 0.3) is 11.4 Å². The fraction of sp³-hybridized carbons (Fsp3) is 0.143. The lowest BCUT2D eigenvalue weighted by Gasteiger charge is -2.11. The number of carbonyl (C=O) groups excluding carboxylic acids is 1. The number of carbonyl (C=O) groups is 1. The molecule has 30 heavy (non-hydrogen) atoms. The summed E-state index contributed by atoms with van der Waals surface area (Å²) in [6.45, 7) is 2.32. The maximum absolute atomic E-state index is 12.3. The number of anilines is 1. The molecular formula is C21H18ClN5O2S. The van der Waals surface area contributed by atoms with Gasteiger partial charge in [0, 0.05) is 11.6 Å². The van der Waals surface area contributed by atoms with E-state index in [9.17, 15) is 4.79 Å². The van der Waals surface area contributed by atoms with Crippen LogP contribution in [0.5, 0.6) is 0 Å². The zero-order valence-corrected chi connectivity index (χ0v) is 17.7. The van der Waals surface area contributed by atoms with Gasteiger partial charge in [-0.05, 0) is 24.6 Å². The van der Waals surface area contributed by atoms with Crippen LogP contribution >= 0.6 is 23.4 Å². The molecule has 2 aromatic heterocycles. The van der Waals surface area contributed by atoms with E-state index in [0.717, 1.165) is 11.1 Å². The van der Waals surface area contributed by atoms with E-state index >= 15 is 0 Å². The van der Waals surface area contributed by atoms with Crippen molar-refractivity contribution in [2.75, 3.05) is 11.1 Å². The summed E-state index contributed by atoms with van der Waals surface area (Å²) in [4.78, 5) is 12.3. The summed E-state index contributed by atoms with van der Waals surface area (Å²) < 4.78 is 6.93. The first-order chi connectivity index (χ1) is 14.6. The maximum atomic E-state index is 12.3. The fourth-order valence-electron chi connectivity index (χ4n) is 2.88. The van der Waals surface area contributed by atoms with E-state index in [2.05, 4.69) is 20.7 Å². The Kier molecular flexibility index (Phi) is 6.15. The first-order valence-electron chi connectivity index (χ1n) is 9.18. The van der Waals surface area contributed by atoms with Crippen molar-refractivity contribution < 1.29 is 9.32 Å².